The summed E-state index contributed by atoms with van der Waals surface area (Å²) in [6, 6.07) is 10.6. The van der Waals surface area contributed by atoms with Crippen molar-refractivity contribution >= 4 is 21.9 Å². The topological polar surface area (TPSA) is 52.2 Å². The molecule has 0 radical (unpaired) electrons. The Kier molecular flexibility index (Phi) is 3.45. The molecule has 1 saturated heterocycles. The van der Waals surface area contributed by atoms with E-state index in [0.29, 0.717) is 11.3 Å². The van der Waals surface area contributed by atoms with Gasteiger partial charge in [-0.3, -0.25) is 9.25 Å². The van der Waals surface area contributed by atoms with Gasteiger partial charge in [0.25, 0.3) is 0 Å². The van der Waals surface area contributed by atoms with Gasteiger partial charge in [0.05, 0.1) is 24.3 Å². The van der Waals surface area contributed by atoms with Gasteiger partial charge >= 0.3 is 6.18 Å². The summed E-state index contributed by atoms with van der Waals surface area (Å²) in [5, 5.41) is 16.8. The van der Waals surface area contributed by atoms with Crippen LogP contribution in [0.15, 0.2) is 48.7 Å². The van der Waals surface area contributed by atoms with Gasteiger partial charge < -0.3 is 9.84 Å². The van der Waals surface area contributed by atoms with Crippen molar-refractivity contribution < 1.29 is 23.0 Å². The first-order valence-corrected chi connectivity index (χ1v) is 8.72. The van der Waals surface area contributed by atoms with Crippen molar-refractivity contribution in [2.75, 3.05) is 13.2 Å². The summed E-state index contributed by atoms with van der Waals surface area (Å²) in [7, 11) is 1.79. The molecule has 1 fully saturated rings. The maximum absolute atomic E-state index is 12.9. The molecule has 0 aliphatic carbocycles. The number of nitrogens with zero attached hydrogens (tertiary/aromatic N) is 3. The number of hydrogen-bond donors (Lipinski definition) is 1. The molecule has 5 nitrogen and oxygen atoms in total. The second kappa shape index (κ2) is 5.59. The summed E-state index contributed by atoms with van der Waals surface area (Å²) >= 11 is 0. The average Bonchev–Trinajstić information content (AvgIpc) is 3.13. The monoisotopic (exact) mass is 387 g/mol. The molecule has 0 bridgehead atoms. The Labute approximate surface area is 157 Å². The number of hydrogen-bond acceptors (Lipinski definition) is 3. The number of fused-ring (bicyclic) bond motifs is 3. The third-order valence-corrected chi connectivity index (χ3v) is 5.22. The van der Waals surface area contributed by atoms with Crippen LogP contribution in [0, 0.1) is 0 Å². The van der Waals surface area contributed by atoms with Crippen molar-refractivity contribution in [2.24, 2.45) is 7.05 Å². The van der Waals surface area contributed by atoms with E-state index in [9.17, 15) is 18.3 Å². The van der Waals surface area contributed by atoms with Crippen LogP contribution >= 0.6 is 0 Å². The molecule has 4 aromatic rings. The van der Waals surface area contributed by atoms with Crippen molar-refractivity contribution in [3.63, 3.8) is 0 Å². The van der Waals surface area contributed by atoms with Gasteiger partial charge in [-0.2, -0.15) is 18.3 Å². The average molecular weight is 387 g/mol. The second-order valence-corrected chi connectivity index (χ2v) is 7.18. The zero-order valence-electron chi connectivity index (χ0n) is 14.9. The van der Waals surface area contributed by atoms with Gasteiger partial charge in [-0.05, 0) is 42.0 Å². The number of alkyl halides is 3. The number of ether oxygens (including phenoxy) is 1. The lowest BCUT2D eigenvalue weighted by atomic mass is 9.91. The van der Waals surface area contributed by atoms with Crippen LogP contribution in [0.3, 0.4) is 0 Å². The molecule has 8 heteroatoms. The standard InChI is InChI=1S/C20H16F3N3O2/c1-25-9-16-15-8-13(19(27)10-28-11-19)4-7-17(15)26(18(16)24-25)14-5-2-12(3-6-14)20(21,22)23/h2-9,27H,10-11H2,1H3. The fourth-order valence-electron chi connectivity index (χ4n) is 3.71. The number of rotatable bonds is 2. The Morgan fingerprint density at radius 3 is 2.39 bits per heavy atom. The Morgan fingerprint density at radius 1 is 1.07 bits per heavy atom. The smallest absolute Gasteiger partial charge is 0.380 e. The Bertz CT molecular complexity index is 1200. The lowest BCUT2D eigenvalue weighted by Crippen LogP contribution is -2.46. The predicted octanol–water partition coefficient (Wildman–Crippen LogP) is 3.75. The van der Waals surface area contributed by atoms with E-state index in [1.807, 2.05) is 29.0 Å². The SMILES string of the molecule is Cn1cc2c3cc(C4(O)COC4)ccc3n(-c3ccc(C(F)(F)F)cc3)c2n1. The number of aromatic nitrogens is 3. The Morgan fingerprint density at radius 2 is 1.79 bits per heavy atom. The largest absolute Gasteiger partial charge is 0.416 e. The van der Waals surface area contributed by atoms with E-state index < -0.39 is 17.3 Å². The molecule has 0 spiro atoms. The van der Waals surface area contributed by atoms with E-state index in [0.717, 1.165) is 34.0 Å². The highest BCUT2D eigenvalue weighted by Gasteiger charge is 2.38. The zero-order chi connectivity index (χ0) is 19.7. The highest BCUT2D eigenvalue weighted by Crippen LogP contribution is 2.37. The van der Waals surface area contributed by atoms with Crippen molar-refractivity contribution in [3.05, 3.63) is 59.8 Å². The van der Waals surface area contributed by atoms with E-state index in [1.165, 1.54) is 12.1 Å². The Balaban J connectivity index is 1.73. The number of aryl methyl sites for hydroxylation is 1. The zero-order valence-corrected chi connectivity index (χ0v) is 14.9. The van der Waals surface area contributed by atoms with Gasteiger partial charge in [-0.25, -0.2) is 0 Å². The summed E-state index contributed by atoms with van der Waals surface area (Å²) in [5.41, 5.74) is 1.10. The number of benzene rings is 2. The lowest BCUT2D eigenvalue weighted by Gasteiger charge is -2.36. The van der Waals surface area contributed by atoms with Crippen LogP contribution in [0.1, 0.15) is 11.1 Å². The van der Waals surface area contributed by atoms with Crippen LogP contribution in [-0.2, 0) is 23.6 Å². The van der Waals surface area contributed by atoms with Crippen molar-refractivity contribution in [2.45, 2.75) is 11.8 Å². The molecule has 5 rings (SSSR count). The summed E-state index contributed by atoms with van der Waals surface area (Å²) in [6.45, 7) is 0.489. The van der Waals surface area contributed by atoms with Crippen molar-refractivity contribution in [1.29, 1.82) is 0 Å². The summed E-state index contributed by atoms with van der Waals surface area (Å²) in [6.07, 6.45) is -2.52. The quantitative estimate of drug-likeness (QED) is 0.570. The second-order valence-electron chi connectivity index (χ2n) is 7.18. The first kappa shape index (κ1) is 17.3. The summed E-state index contributed by atoms with van der Waals surface area (Å²) < 4.78 is 47.4. The first-order chi connectivity index (χ1) is 13.3. The fraction of sp³-hybridized carbons (Fsp3) is 0.250. The molecule has 0 atom stereocenters. The molecular formula is C20H16F3N3O2. The highest BCUT2D eigenvalue weighted by molar-refractivity contribution is 6.08. The van der Waals surface area contributed by atoms with E-state index in [-0.39, 0.29) is 13.2 Å². The van der Waals surface area contributed by atoms with Crippen LogP contribution in [0.4, 0.5) is 13.2 Å². The normalized spacial score (nSPS) is 16.6. The third-order valence-electron chi connectivity index (χ3n) is 5.22. The van der Waals surface area contributed by atoms with Gasteiger partial charge in [0.15, 0.2) is 5.65 Å². The molecule has 3 heterocycles. The molecular weight excluding hydrogens is 371 g/mol. The minimum absolute atomic E-state index is 0.244. The van der Waals surface area contributed by atoms with Crippen LogP contribution < -0.4 is 0 Å². The van der Waals surface area contributed by atoms with E-state index >= 15 is 0 Å². The minimum Gasteiger partial charge on any atom is -0.380 e. The van der Waals surface area contributed by atoms with Gasteiger partial charge in [-0.15, -0.1) is 0 Å². The molecule has 1 aliphatic heterocycles. The summed E-state index contributed by atoms with van der Waals surface area (Å²) in [4.78, 5) is 0. The fourth-order valence-corrected chi connectivity index (χ4v) is 3.71. The molecule has 0 unspecified atom stereocenters. The van der Waals surface area contributed by atoms with Gasteiger partial charge in [0.1, 0.15) is 5.60 Å². The van der Waals surface area contributed by atoms with Gasteiger partial charge in [-0.1, -0.05) is 6.07 Å². The highest BCUT2D eigenvalue weighted by atomic mass is 19.4. The molecule has 1 aliphatic rings. The van der Waals surface area contributed by atoms with Crippen LogP contribution in [-0.4, -0.2) is 32.7 Å². The van der Waals surface area contributed by atoms with Gasteiger partial charge in [0.2, 0.25) is 0 Å². The van der Waals surface area contributed by atoms with E-state index in [1.54, 1.807) is 11.7 Å². The van der Waals surface area contributed by atoms with Crippen LogP contribution in [0.2, 0.25) is 0 Å². The minimum atomic E-state index is -4.38. The molecule has 28 heavy (non-hydrogen) atoms. The first-order valence-electron chi connectivity index (χ1n) is 8.72. The maximum Gasteiger partial charge on any atom is 0.416 e. The summed E-state index contributed by atoms with van der Waals surface area (Å²) in [5.74, 6) is 0. The van der Waals surface area contributed by atoms with Gasteiger partial charge in [0, 0.05) is 29.7 Å². The third kappa shape index (κ3) is 2.45. The molecule has 0 amide bonds. The molecule has 2 aromatic carbocycles. The van der Waals surface area contributed by atoms with Crippen LogP contribution in [0.25, 0.3) is 27.6 Å². The Hall–Kier alpha value is -2.84. The van der Waals surface area contributed by atoms with E-state index in [2.05, 4.69) is 5.10 Å². The molecule has 1 N–H and O–H groups in total. The van der Waals surface area contributed by atoms with Crippen LogP contribution in [0.5, 0.6) is 0 Å². The predicted molar refractivity (Wildman–Crippen MR) is 97.3 cm³/mol. The molecule has 0 saturated carbocycles. The van der Waals surface area contributed by atoms with Crippen molar-refractivity contribution in [1.82, 2.24) is 14.3 Å². The maximum atomic E-state index is 12.9. The van der Waals surface area contributed by atoms with E-state index in [4.69, 9.17) is 4.74 Å². The molecule has 144 valence electrons. The number of halogens is 3. The molecule has 2 aromatic heterocycles. The lowest BCUT2D eigenvalue weighted by molar-refractivity contribution is -0.184. The van der Waals surface area contributed by atoms with Crippen molar-refractivity contribution in [3.8, 4) is 5.69 Å². The number of aliphatic hydroxyl groups is 1.